The quantitative estimate of drug-likeness (QED) is 0.908. The third-order valence-electron chi connectivity index (χ3n) is 3.50. The highest BCUT2D eigenvalue weighted by molar-refractivity contribution is 6.32. The Labute approximate surface area is 124 Å². The minimum atomic E-state index is -0.390. The Bertz CT molecular complexity index is 467. The second-order valence-electron chi connectivity index (χ2n) is 5.14. The third-order valence-corrected chi connectivity index (χ3v) is 3.82. The van der Waals surface area contributed by atoms with E-state index >= 15 is 0 Å². The summed E-state index contributed by atoms with van der Waals surface area (Å²) in [5, 5.41) is 0.597. The maximum atomic E-state index is 12.1. The Balaban J connectivity index is 1.89. The Morgan fingerprint density at radius 1 is 1.55 bits per heavy atom. The fourth-order valence-corrected chi connectivity index (χ4v) is 2.59. The fourth-order valence-electron chi connectivity index (χ4n) is 2.41. The van der Waals surface area contributed by atoms with Gasteiger partial charge in [0.2, 0.25) is 5.91 Å². The first-order valence-corrected chi connectivity index (χ1v) is 7.45. The first-order valence-electron chi connectivity index (χ1n) is 7.07. The molecule has 0 unspecified atom stereocenters. The smallest absolute Gasteiger partial charge is 0.239 e. The first kappa shape index (κ1) is 15.1. The fraction of sp³-hybridized carbons (Fsp3) is 0.533. The summed E-state index contributed by atoms with van der Waals surface area (Å²) >= 11 is 6.07. The second kappa shape index (κ2) is 6.95. The molecule has 1 aliphatic heterocycles. The van der Waals surface area contributed by atoms with Crippen LogP contribution in [0.15, 0.2) is 24.3 Å². The van der Waals surface area contributed by atoms with E-state index in [0.717, 1.165) is 19.3 Å². The molecule has 0 aromatic heterocycles. The zero-order chi connectivity index (χ0) is 14.5. The average Bonchev–Trinajstić information content (AvgIpc) is 2.89. The topological polar surface area (TPSA) is 55.6 Å². The van der Waals surface area contributed by atoms with Crippen LogP contribution >= 0.6 is 11.6 Å². The van der Waals surface area contributed by atoms with Crippen LogP contribution in [-0.2, 0) is 4.79 Å². The molecule has 1 aromatic rings. The number of benzene rings is 1. The molecule has 0 aliphatic carbocycles. The van der Waals surface area contributed by atoms with Crippen molar-refractivity contribution in [1.82, 2.24) is 4.90 Å². The molecule has 20 heavy (non-hydrogen) atoms. The summed E-state index contributed by atoms with van der Waals surface area (Å²) in [7, 11) is 0. The number of likely N-dealkylation sites (tertiary alicyclic amines) is 1. The van der Waals surface area contributed by atoms with Gasteiger partial charge in [0.1, 0.15) is 11.9 Å². The lowest BCUT2D eigenvalue weighted by molar-refractivity contribution is -0.132. The van der Waals surface area contributed by atoms with Crippen molar-refractivity contribution >= 4 is 17.5 Å². The molecular weight excluding hydrogens is 276 g/mol. The maximum absolute atomic E-state index is 12.1. The molecule has 0 bridgehead atoms. The van der Waals surface area contributed by atoms with Crippen LogP contribution in [0.2, 0.25) is 5.02 Å². The molecule has 2 rings (SSSR count). The molecule has 1 aliphatic rings. The standard InChI is InChI=1S/C15H21ClN2O2/c1-2-5-13(17)15(19)18-9-8-11(10-18)20-14-7-4-3-6-12(14)16/h3-4,6-7,11,13H,2,5,8-10,17H2,1H3/t11-,13-/m1/s1. The molecule has 4 nitrogen and oxygen atoms in total. The van der Waals surface area contributed by atoms with Gasteiger partial charge in [-0.1, -0.05) is 37.1 Å². The minimum Gasteiger partial charge on any atom is -0.487 e. The van der Waals surface area contributed by atoms with Crippen LogP contribution in [0.25, 0.3) is 0 Å². The van der Waals surface area contributed by atoms with Crippen molar-refractivity contribution in [3.05, 3.63) is 29.3 Å². The maximum Gasteiger partial charge on any atom is 0.239 e. The van der Waals surface area contributed by atoms with E-state index in [1.54, 1.807) is 11.0 Å². The van der Waals surface area contributed by atoms with Gasteiger partial charge in [0.05, 0.1) is 17.6 Å². The van der Waals surface area contributed by atoms with Crippen molar-refractivity contribution < 1.29 is 9.53 Å². The van der Waals surface area contributed by atoms with Crippen LogP contribution in [-0.4, -0.2) is 36.0 Å². The van der Waals surface area contributed by atoms with Gasteiger partial charge in [-0.15, -0.1) is 0 Å². The highest BCUT2D eigenvalue weighted by Crippen LogP contribution is 2.26. The summed E-state index contributed by atoms with van der Waals surface area (Å²) in [5.74, 6) is 0.698. The van der Waals surface area contributed by atoms with Gasteiger partial charge < -0.3 is 15.4 Å². The molecule has 1 amide bonds. The number of nitrogens with two attached hydrogens (primary N) is 1. The van der Waals surface area contributed by atoms with Crippen molar-refractivity contribution in [1.29, 1.82) is 0 Å². The number of halogens is 1. The summed E-state index contributed by atoms with van der Waals surface area (Å²) in [6.07, 6.45) is 2.45. The van der Waals surface area contributed by atoms with E-state index in [1.165, 1.54) is 0 Å². The van der Waals surface area contributed by atoms with E-state index in [1.807, 2.05) is 25.1 Å². The summed E-state index contributed by atoms with van der Waals surface area (Å²) < 4.78 is 5.86. The number of amides is 1. The molecule has 110 valence electrons. The van der Waals surface area contributed by atoms with E-state index in [4.69, 9.17) is 22.1 Å². The predicted molar refractivity (Wildman–Crippen MR) is 79.9 cm³/mol. The molecule has 1 aromatic carbocycles. The highest BCUT2D eigenvalue weighted by atomic mass is 35.5. The first-order chi connectivity index (χ1) is 9.61. The summed E-state index contributed by atoms with van der Waals surface area (Å²) in [4.78, 5) is 13.9. The third kappa shape index (κ3) is 3.64. The lowest BCUT2D eigenvalue weighted by atomic mass is 10.1. The van der Waals surface area contributed by atoms with Crippen LogP contribution in [0.1, 0.15) is 26.2 Å². The van der Waals surface area contributed by atoms with E-state index in [-0.39, 0.29) is 18.1 Å². The van der Waals surface area contributed by atoms with Gasteiger partial charge in [0, 0.05) is 13.0 Å². The molecular formula is C15H21ClN2O2. The number of ether oxygens (including phenoxy) is 1. The summed E-state index contributed by atoms with van der Waals surface area (Å²) in [5.41, 5.74) is 5.88. The van der Waals surface area contributed by atoms with Gasteiger partial charge in [-0.3, -0.25) is 4.79 Å². The van der Waals surface area contributed by atoms with Gasteiger partial charge in [-0.2, -0.15) is 0 Å². The number of para-hydroxylation sites is 1. The minimum absolute atomic E-state index is 0.00678. The van der Waals surface area contributed by atoms with E-state index in [9.17, 15) is 4.79 Å². The Morgan fingerprint density at radius 3 is 3.00 bits per heavy atom. The number of rotatable bonds is 5. The van der Waals surface area contributed by atoms with Crippen molar-refractivity contribution in [2.24, 2.45) is 5.73 Å². The largest absolute Gasteiger partial charge is 0.487 e. The summed E-state index contributed by atoms with van der Waals surface area (Å²) in [6.45, 7) is 3.31. The lowest BCUT2D eigenvalue weighted by Gasteiger charge is -2.21. The van der Waals surface area contributed by atoms with Gasteiger partial charge >= 0.3 is 0 Å². The van der Waals surface area contributed by atoms with Crippen molar-refractivity contribution in [3.8, 4) is 5.75 Å². The summed E-state index contributed by atoms with van der Waals surface area (Å²) in [6, 6.07) is 7.00. The van der Waals surface area contributed by atoms with Crippen LogP contribution < -0.4 is 10.5 Å². The van der Waals surface area contributed by atoms with E-state index in [2.05, 4.69) is 0 Å². The molecule has 2 N–H and O–H groups in total. The molecule has 2 atom stereocenters. The van der Waals surface area contributed by atoms with Crippen LogP contribution in [0.3, 0.4) is 0 Å². The molecule has 5 heteroatoms. The Kier molecular flexibility index (Phi) is 5.26. The zero-order valence-corrected chi connectivity index (χ0v) is 12.5. The van der Waals surface area contributed by atoms with E-state index in [0.29, 0.717) is 23.9 Å². The van der Waals surface area contributed by atoms with Gasteiger partial charge in [-0.05, 0) is 18.6 Å². The van der Waals surface area contributed by atoms with Gasteiger partial charge in [0.25, 0.3) is 0 Å². The van der Waals surface area contributed by atoms with E-state index < -0.39 is 0 Å². The Hall–Kier alpha value is -1.26. The van der Waals surface area contributed by atoms with Crippen molar-refractivity contribution in [2.45, 2.75) is 38.3 Å². The van der Waals surface area contributed by atoms with Crippen LogP contribution in [0, 0.1) is 0 Å². The van der Waals surface area contributed by atoms with Crippen molar-refractivity contribution in [2.75, 3.05) is 13.1 Å². The van der Waals surface area contributed by atoms with Gasteiger partial charge in [-0.25, -0.2) is 0 Å². The van der Waals surface area contributed by atoms with Crippen molar-refractivity contribution in [3.63, 3.8) is 0 Å². The molecule has 1 heterocycles. The molecule has 0 spiro atoms. The number of carbonyl (C=O) groups excluding carboxylic acids is 1. The SMILES string of the molecule is CCC[C@@H](N)C(=O)N1CC[C@@H](Oc2ccccc2Cl)C1. The van der Waals surface area contributed by atoms with Crippen LogP contribution in [0.4, 0.5) is 0 Å². The second-order valence-corrected chi connectivity index (χ2v) is 5.55. The zero-order valence-electron chi connectivity index (χ0n) is 11.7. The number of hydrogen-bond acceptors (Lipinski definition) is 3. The Morgan fingerprint density at radius 2 is 2.30 bits per heavy atom. The number of carbonyl (C=O) groups is 1. The lowest BCUT2D eigenvalue weighted by Crippen LogP contribution is -2.43. The monoisotopic (exact) mass is 296 g/mol. The molecule has 1 saturated heterocycles. The van der Waals surface area contributed by atoms with Gasteiger partial charge in [0.15, 0.2) is 0 Å². The number of nitrogens with zero attached hydrogens (tertiary/aromatic N) is 1. The molecule has 0 radical (unpaired) electrons. The normalized spacial score (nSPS) is 19.9. The molecule has 0 saturated carbocycles. The molecule has 1 fully saturated rings. The average molecular weight is 297 g/mol. The highest BCUT2D eigenvalue weighted by Gasteiger charge is 2.30. The van der Waals surface area contributed by atoms with Crippen LogP contribution in [0.5, 0.6) is 5.75 Å². The predicted octanol–water partition coefficient (Wildman–Crippen LogP) is 2.45. The number of hydrogen-bond donors (Lipinski definition) is 1.